The van der Waals surface area contributed by atoms with Crippen molar-refractivity contribution in [3.05, 3.63) is 30.2 Å². The third-order valence-corrected chi connectivity index (χ3v) is 6.02. The van der Waals surface area contributed by atoms with Crippen molar-refractivity contribution >= 4 is 15.9 Å². The Morgan fingerprint density at radius 3 is 2.42 bits per heavy atom. The van der Waals surface area contributed by atoms with E-state index in [0.29, 0.717) is 18.7 Å². The van der Waals surface area contributed by atoms with Crippen LogP contribution in [0.15, 0.2) is 33.7 Å². The fourth-order valence-corrected chi connectivity index (χ4v) is 4.30. The van der Waals surface area contributed by atoms with Crippen LogP contribution in [0.3, 0.4) is 0 Å². The monoisotopic (exact) mass is 378 g/mol. The van der Waals surface area contributed by atoms with Crippen molar-refractivity contribution < 1.29 is 17.7 Å². The molecule has 1 aromatic carbocycles. The minimum Gasteiger partial charge on any atom is -0.346 e. The normalized spacial score (nSPS) is 16.0. The Hall–Kier alpha value is -2.26. The quantitative estimate of drug-likeness (QED) is 0.854. The molecule has 0 atom stereocenters. The lowest BCUT2D eigenvalue weighted by Crippen LogP contribution is -2.35. The van der Waals surface area contributed by atoms with Gasteiger partial charge in [-0.25, -0.2) is 8.42 Å². The SMILES string of the molecule is CC(C)NC(=O)c1nc(-c2ccc(S(=O)(=O)N3CCCCC3)cc2)no1. The van der Waals surface area contributed by atoms with Crippen molar-refractivity contribution in [2.75, 3.05) is 13.1 Å². The largest absolute Gasteiger partial charge is 0.346 e. The van der Waals surface area contributed by atoms with Crippen molar-refractivity contribution in [3.63, 3.8) is 0 Å². The van der Waals surface area contributed by atoms with Gasteiger partial charge in [0.15, 0.2) is 0 Å². The predicted molar refractivity (Wildman–Crippen MR) is 94.9 cm³/mol. The van der Waals surface area contributed by atoms with E-state index in [1.54, 1.807) is 12.1 Å². The van der Waals surface area contributed by atoms with Gasteiger partial charge in [0.25, 0.3) is 0 Å². The third-order valence-electron chi connectivity index (χ3n) is 4.11. The lowest BCUT2D eigenvalue weighted by atomic mass is 10.2. The zero-order valence-corrected chi connectivity index (χ0v) is 15.6. The molecule has 3 rings (SSSR count). The van der Waals surface area contributed by atoms with Crippen LogP contribution < -0.4 is 5.32 Å². The van der Waals surface area contributed by atoms with E-state index in [2.05, 4.69) is 15.5 Å². The topological polar surface area (TPSA) is 105 Å². The average molecular weight is 378 g/mol. The maximum absolute atomic E-state index is 12.7. The first-order valence-electron chi connectivity index (χ1n) is 8.63. The number of amides is 1. The van der Waals surface area contributed by atoms with E-state index in [0.717, 1.165) is 19.3 Å². The average Bonchev–Trinajstić information content (AvgIpc) is 3.12. The molecule has 0 aliphatic carbocycles. The number of carbonyl (C=O) groups excluding carboxylic acids is 1. The summed E-state index contributed by atoms with van der Waals surface area (Å²) in [5, 5.41) is 6.46. The molecule has 0 unspecified atom stereocenters. The molecule has 9 heteroatoms. The molecule has 8 nitrogen and oxygen atoms in total. The summed E-state index contributed by atoms with van der Waals surface area (Å²) in [5.74, 6) is -0.331. The van der Waals surface area contributed by atoms with Crippen LogP contribution in [0.5, 0.6) is 0 Å². The summed E-state index contributed by atoms with van der Waals surface area (Å²) in [7, 11) is -3.48. The molecule has 0 radical (unpaired) electrons. The molecule has 26 heavy (non-hydrogen) atoms. The third kappa shape index (κ3) is 3.94. The van der Waals surface area contributed by atoms with Crippen LogP contribution in [-0.2, 0) is 10.0 Å². The standard InChI is InChI=1S/C17H22N4O4S/c1-12(2)18-16(22)17-19-15(20-25-17)13-6-8-14(9-7-13)26(23,24)21-10-4-3-5-11-21/h6-9,12H,3-5,10-11H2,1-2H3,(H,18,22). The van der Waals surface area contributed by atoms with Gasteiger partial charge in [0.1, 0.15) is 0 Å². The molecule has 140 valence electrons. The van der Waals surface area contributed by atoms with Crippen LogP contribution >= 0.6 is 0 Å². The molecule has 1 aliphatic rings. The van der Waals surface area contributed by atoms with Crippen LogP contribution in [0, 0.1) is 0 Å². The first-order chi connectivity index (χ1) is 12.4. The van der Waals surface area contributed by atoms with E-state index in [4.69, 9.17) is 4.52 Å². The smallest absolute Gasteiger partial charge is 0.316 e. The number of piperidine rings is 1. The van der Waals surface area contributed by atoms with Crippen molar-refractivity contribution in [2.45, 2.75) is 44.0 Å². The molecular weight excluding hydrogens is 356 g/mol. The van der Waals surface area contributed by atoms with E-state index < -0.39 is 15.9 Å². The van der Waals surface area contributed by atoms with Gasteiger partial charge < -0.3 is 9.84 Å². The summed E-state index contributed by atoms with van der Waals surface area (Å²) in [5.41, 5.74) is 0.579. The van der Waals surface area contributed by atoms with E-state index in [1.807, 2.05) is 13.8 Å². The lowest BCUT2D eigenvalue weighted by Gasteiger charge is -2.25. The summed E-state index contributed by atoms with van der Waals surface area (Å²) in [4.78, 5) is 16.2. The number of nitrogens with one attached hydrogen (secondary N) is 1. The van der Waals surface area contributed by atoms with E-state index >= 15 is 0 Å². The minimum absolute atomic E-state index is 0.0443. The van der Waals surface area contributed by atoms with Gasteiger partial charge in [-0.1, -0.05) is 11.6 Å². The van der Waals surface area contributed by atoms with Gasteiger partial charge in [-0.2, -0.15) is 9.29 Å². The van der Waals surface area contributed by atoms with Crippen molar-refractivity contribution in [1.82, 2.24) is 19.8 Å². The van der Waals surface area contributed by atoms with Crippen LogP contribution in [0.25, 0.3) is 11.4 Å². The maximum atomic E-state index is 12.7. The van der Waals surface area contributed by atoms with Gasteiger partial charge >= 0.3 is 11.8 Å². The molecule has 1 N–H and O–H groups in total. The van der Waals surface area contributed by atoms with Gasteiger partial charge in [0.2, 0.25) is 15.8 Å². The number of sulfonamides is 1. The van der Waals surface area contributed by atoms with Crippen molar-refractivity contribution in [3.8, 4) is 11.4 Å². The lowest BCUT2D eigenvalue weighted by molar-refractivity contribution is 0.0899. The number of hydrogen-bond acceptors (Lipinski definition) is 6. The zero-order valence-electron chi connectivity index (χ0n) is 14.8. The second-order valence-corrected chi connectivity index (χ2v) is 8.48. The van der Waals surface area contributed by atoms with Crippen LogP contribution in [0.1, 0.15) is 43.8 Å². The second kappa shape index (κ2) is 7.55. The number of hydrogen-bond donors (Lipinski definition) is 1. The molecule has 1 aromatic heterocycles. The number of carbonyl (C=O) groups is 1. The van der Waals surface area contributed by atoms with Gasteiger partial charge in [-0.3, -0.25) is 4.79 Å². The summed E-state index contributed by atoms with van der Waals surface area (Å²) in [6.45, 7) is 4.78. The molecule has 0 spiro atoms. The Balaban J connectivity index is 1.77. The number of aromatic nitrogens is 2. The Bertz CT molecular complexity index is 868. The minimum atomic E-state index is -3.48. The van der Waals surface area contributed by atoms with Crippen LogP contribution in [0.2, 0.25) is 0 Å². The first kappa shape index (κ1) is 18.5. The highest BCUT2D eigenvalue weighted by Crippen LogP contribution is 2.23. The van der Waals surface area contributed by atoms with E-state index in [9.17, 15) is 13.2 Å². The highest BCUT2D eigenvalue weighted by atomic mass is 32.2. The molecule has 2 aromatic rings. The molecule has 0 bridgehead atoms. The molecule has 2 heterocycles. The number of nitrogens with zero attached hydrogens (tertiary/aromatic N) is 3. The molecule has 1 fully saturated rings. The van der Waals surface area contributed by atoms with Gasteiger partial charge in [-0.15, -0.1) is 0 Å². The fourth-order valence-electron chi connectivity index (χ4n) is 2.79. The summed E-state index contributed by atoms with van der Waals surface area (Å²) in [6, 6.07) is 6.25. The van der Waals surface area contributed by atoms with E-state index in [1.165, 1.54) is 16.4 Å². The zero-order chi connectivity index (χ0) is 18.7. The summed E-state index contributed by atoms with van der Waals surface area (Å²) in [6.07, 6.45) is 2.85. The molecule has 1 aliphatic heterocycles. The van der Waals surface area contributed by atoms with Crippen molar-refractivity contribution in [2.24, 2.45) is 0 Å². The summed E-state index contributed by atoms with van der Waals surface area (Å²) < 4.78 is 31.8. The van der Waals surface area contributed by atoms with Crippen LogP contribution in [-0.4, -0.2) is 47.9 Å². The predicted octanol–water partition coefficient (Wildman–Crippen LogP) is 2.05. The number of rotatable bonds is 5. The molecule has 0 saturated carbocycles. The fraction of sp³-hybridized carbons (Fsp3) is 0.471. The Kier molecular flexibility index (Phi) is 5.38. The van der Waals surface area contributed by atoms with Gasteiger partial charge in [0.05, 0.1) is 4.90 Å². The van der Waals surface area contributed by atoms with Gasteiger partial charge in [0, 0.05) is 24.7 Å². The summed E-state index contributed by atoms with van der Waals surface area (Å²) >= 11 is 0. The van der Waals surface area contributed by atoms with Gasteiger partial charge in [-0.05, 0) is 51.0 Å². The number of benzene rings is 1. The molecular formula is C17H22N4O4S. The second-order valence-electron chi connectivity index (χ2n) is 6.54. The molecule has 1 saturated heterocycles. The molecule has 1 amide bonds. The Morgan fingerprint density at radius 1 is 1.15 bits per heavy atom. The highest BCUT2D eigenvalue weighted by molar-refractivity contribution is 7.89. The highest BCUT2D eigenvalue weighted by Gasteiger charge is 2.26. The Labute approximate surface area is 152 Å². The van der Waals surface area contributed by atoms with E-state index in [-0.39, 0.29) is 22.7 Å². The maximum Gasteiger partial charge on any atom is 0.316 e. The first-order valence-corrected chi connectivity index (χ1v) is 10.1. The van der Waals surface area contributed by atoms with Crippen molar-refractivity contribution in [1.29, 1.82) is 0 Å². The van der Waals surface area contributed by atoms with Crippen LogP contribution in [0.4, 0.5) is 0 Å². The Morgan fingerprint density at radius 2 is 1.81 bits per heavy atom.